The van der Waals surface area contributed by atoms with Gasteiger partial charge in [-0.25, -0.2) is 0 Å². The maximum atomic E-state index is 12.4. The maximum absolute atomic E-state index is 12.4. The lowest BCUT2D eigenvalue weighted by atomic mass is 10.2. The lowest BCUT2D eigenvalue weighted by Gasteiger charge is -2.37. The van der Waals surface area contributed by atoms with Crippen molar-refractivity contribution >= 4 is 11.9 Å². The number of nitrogens with one attached hydrogen (secondary N) is 1. The van der Waals surface area contributed by atoms with Gasteiger partial charge in [0.1, 0.15) is 6.10 Å². The molecule has 0 radical (unpaired) electrons. The van der Waals surface area contributed by atoms with Crippen LogP contribution in [0.2, 0.25) is 0 Å². The Hall–Kier alpha value is -2.15. The van der Waals surface area contributed by atoms with Crippen LogP contribution in [0.5, 0.6) is 0 Å². The second kappa shape index (κ2) is 8.80. The Kier molecular flexibility index (Phi) is 6.22. The van der Waals surface area contributed by atoms with Crippen LogP contribution < -0.4 is 5.32 Å². The molecule has 25 heavy (non-hydrogen) atoms. The fraction of sp³-hybridized carbons (Fsp3) is 0.611. The molecule has 0 aliphatic carbocycles. The zero-order valence-electron chi connectivity index (χ0n) is 14.9. The summed E-state index contributed by atoms with van der Waals surface area (Å²) in [5.41, 5.74) is 1.07. The second-order valence-electron chi connectivity index (χ2n) is 6.36. The van der Waals surface area contributed by atoms with Crippen LogP contribution in [0.4, 0.5) is 0 Å². The van der Waals surface area contributed by atoms with Gasteiger partial charge in [-0.05, 0) is 25.0 Å². The standard InChI is InChI=1S/C18H27N5O2/c1-19-18(21-9-7-15-5-2-3-8-20-15)23-12-10-22(11-13-23)17(24)16-6-4-14-25-16/h2-3,5,8,16H,4,6-7,9-14H2,1H3,(H,19,21). The zero-order valence-corrected chi connectivity index (χ0v) is 14.9. The van der Waals surface area contributed by atoms with Crippen molar-refractivity contribution in [3.8, 4) is 0 Å². The van der Waals surface area contributed by atoms with E-state index >= 15 is 0 Å². The Labute approximate surface area is 149 Å². The average molecular weight is 345 g/mol. The highest BCUT2D eigenvalue weighted by Crippen LogP contribution is 2.16. The molecule has 1 amide bonds. The van der Waals surface area contributed by atoms with E-state index in [1.165, 1.54) is 0 Å². The first-order chi connectivity index (χ1) is 12.3. The van der Waals surface area contributed by atoms with Crippen LogP contribution >= 0.6 is 0 Å². The van der Waals surface area contributed by atoms with Crippen molar-refractivity contribution in [2.24, 2.45) is 4.99 Å². The van der Waals surface area contributed by atoms with Crippen molar-refractivity contribution in [1.29, 1.82) is 0 Å². The Morgan fingerprint density at radius 3 is 2.76 bits per heavy atom. The minimum Gasteiger partial charge on any atom is -0.368 e. The molecule has 0 aromatic carbocycles. The first-order valence-corrected chi connectivity index (χ1v) is 9.04. The summed E-state index contributed by atoms with van der Waals surface area (Å²) in [7, 11) is 1.80. The summed E-state index contributed by atoms with van der Waals surface area (Å²) >= 11 is 0. The van der Waals surface area contributed by atoms with Crippen LogP contribution in [0.1, 0.15) is 18.5 Å². The number of piperazine rings is 1. The fourth-order valence-electron chi connectivity index (χ4n) is 3.30. The molecule has 3 rings (SSSR count). The van der Waals surface area contributed by atoms with Gasteiger partial charge in [0.15, 0.2) is 5.96 Å². The number of pyridine rings is 1. The molecule has 1 unspecified atom stereocenters. The highest BCUT2D eigenvalue weighted by Gasteiger charge is 2.30. The maximum Gasteiger partial charge on any atom is 0.251 e. The lowest BCUT2D eigenvalue weighted by molar-refractivity contribution is -0.142. The average Bonchev–Trinajstić information content (AvgIpc) is 3.20. The zero-order chi connectivity index (χ0) is 17.5. The minimum atomic E-state index is -0.220. The molecule has 0 bridgehead atoms. The molecule has 2 fully saturated rings. The smallest absolute Gasteiger partial charge is 0.251 e. The van der Waals surface area contributed by atoms with Gasteiger partial charge in [-0.3, -0.25) is 14.8 Å². The van der Waals surface area contributed by atoms with Crippen molar-refractivity contribution < 1.29 is 9.53 Å². The van der Waals surface area contributed by atoms with Crippen LogP contribution in [0.3, 0.4) is 0 Å². The summed E-state index contributed by atoms with van der Waals surface area (Å²) < 4.78 is 5.51. The van der Waals surface area contributed by atoms with Gasteiger partial charge in [0.25, 0.3) is 5.91 Å². The predicted molar refractivity (Wildman–Crippen MR) is 96.4 cm³/mol. The summed E-state index contributed by atoms with van der Waals surface area (Å²) in [6, 6.07) is 5.95. The Morgan fingerprint density at radius 1 is 1.32 bits per heavy atom. The molecule has 0 spiro atoms. The van der Waals surface area contributed by atoms with E-state index in [2.05, 4.69) is 20.2 Å². The summed E-state index contributed by atoms with van der Waals surface area (Å²) in [6.45, 7) is 4.53. The van der Waals surface area contributed by atoms with Gasteiger partial charge < -0.3 is 19.9 Å². The minimum absolute atomic E-state index is 0.148. The number of ether oxygens (including phenoxy) is 1. The molecule has 1 atom stereocenters. The number of guanidine groups is 1. The van der Waals surface area contributed by atoms with Gasteiger partial charge in [-0.1, -0.05) is 6.07 Å². The van der Waals surface area contributed by atoms with Gasteiger partial charge in [0, 0.05) is 64.7 Å². The molecule has 2 saturated heterocycles. The number of hydrogen-bond acceptors (Lipinski definition) is 4. The number of hydrogen-bond donors (Lipinski definition) is 1. The molecule has 136 valence electrons. The summed E-state index contributed by atoms with van der Waals surface area (Å²) in [5, 5.41) is 3.39. The van der Waals surface area contributed by atoms with Gasteiger partial charge in [0.2, 0.25) is 0 Å². The summed E-state index contributed by atoms with van der Waals surface area (Å²) in [5.74, 6) is 1.04. The van der Waals surface area contributed by atoms with Crippen molar-refractivity contribution in [2.75, 3.05) is 46.4 Å². The highest BCUT2D eigenvalue weighted by atomic mass is 16.5. The first-order valence-electron chi connectivity index (χ1n) is 9.04. The molecule has 1 aromatic rings. The van der Waals surface area contributed by atoms with Crippen LogP contribution in [-0.2, 0) is 16.0 Å². The highest BCUT2D eigenvalue weighted by molar-refractivity contribution is 5.82. The largest absolute Gasteiger partial charge is 0.368 e. The van der Waals surface area contributed by atoms with E-state index in [0.717, 1.165) is 63.6 Å². The van der Waals surface area contributed by atoms with Crippen molar-refractivity contribution in [2.45, 2.75) is 25.4 Å². The molecule has 3 heterocycles. The van der Waals surface area contributed by atoms with E-state index in [1.807, 2.05) is 29.3 Å². The van der Waals surface area contributed by atoms with Crippen molar-refractivity contribution in [3.63, 3.8) is 0 Å². The normalized spacial score (nSPS) is 21.5. The van der Waals surface area contributed by atoms with Crippen LogP contribution in [0.15, 0.2) is 29.4 Å². The Bertz CT molecular complexity index is 578. The van der Waals surface area contributed by atoms with Crippen molar-refractivity contribution in [3.05, 3.63) is 30.1 Å². The SMILES string of the molecule is CN=C(NCCc1ccccn1)N1CCN(C(=O)C2CCCO2)CC1. The molecule has 2 aliphatic rings. The summed E-state index contributed by atoms with van der Waals surface area (Å²) in [6.07, 6.45) is 4.30. The van der Waals surface area contributed by atoms with Crippen LogP contribution in [0.25, 0.3) is 0 Å². The van der Waals surface area contributed by atoms with Gasteiger partial charge in [-0.15, -0.1) is 0 Å². The quantitative estimate of drug-likeness (QED) is 0.636. The fourth-order valence-corrected chi connectivity index (χ4v) is 3.30. The van der Waals surface area contributed by atoms with Crippen LogP contribution in [-0.4, -0.2) is 79.1 Å². The second-order valence-corrected chi connectivity index (χ2v) is 6.36. The summed E-state index contributed by atoms with van der Waals surface area (Å²) in [4.78, 5) is 25.2. The van der Waals surface area contributed by atoms with E-state index in [9.17, 15) is 4.79 Å². The third kappa shape index (κ3) is 4.69. The van der Waals surface area contributed by atoms with Crippen LogP contribution in [0, 0.1) is 0 Å². The molecule has 2 aliphatic heterocycles. The number of amides is 1. The van der Waals surface area contributed by atoms with Gasteiger partial charge in [-0.2, -0.15) is 0 Å². The van der Waals surface area contributed by atoms with Gasteiger partial charge in [0.05, 0.1) is 0 Å². The first kappa shape index (κ1) is 17.7. The number of carbonyl (C=O) groups is 1. The molecule has 1 N–H and O–H groups in total. The molecule has 0 saturated carbocycles. The lowest BCUT2D eigenvalue weighted by Crippen LogP contribution is -2.55. The Balaban J connectivity index is 1.43. The number of carbonyl (C=O) groups excluding carboxylic acids is 1. The Morgan fingerprint density at radius 2 is 2.12 bits per heavy atom. The number of aliphatic imine (C=N–C) groups is 1. The van der Waals surface area contributed by atoms with E-state index in [1.54, 1.807) is 7.05 Å². The van der Waals surface area contributed by atoms with E-state index < -0.39 is 0 Å². The van der Waals surface area contributed by atoms with E-state index in [4.69, 9.17) is 4.74 Å². The van der Waals surface area contributed by atoms with Crippen molar-refractivity contribution in [1.82, 2.24) is 20.1 Å². The van der Waals surface area contributed by atoms with E-state index in [0.29, 0.717) is 6.61 Å². The molecular formula is C18H27N5O2. The third-order valence-electron chi connectivity index (χ3n) is 4.70. The number of aromatic nitrogens is 1. The molecule has 7 nitrogen and oxygen atoms in total. The molecule has 1 aromatic heterocycles. The number of nitrogens with zero attached hydrogens (tertiary/aromatic N) is 4. The van der Waals surface area contributed by atoms with Gasteiger partial charge >= 0.3 is 0 Å². The number of rotatable bonds is 4. The topological polar surface area (TPSA) is 70.1 Å². The molecule has 7 heteroatoms. The predicted octanol–water partition coefficient (Wildman–Crippen LogP) is 0.523. The monoisotopic (exact) mass is 345 g/mol. The van der Waals surface area contributed by atoms with E-state index in [-0.39, 0.29) is 12.0 Å². The molecular weight excluding hydrogens is 318 g/mol. The third-order valence-corrected chi connectivity index (χ3v) is 4.70.